The molecule has 0 spiro atoms. The van der Waals surface area contributed by atoms with Crippen molar-refractivity contribution in [2.24, 2.45) is 11.8 Å². The van der Waals surface area contributed by atoms with E-state index in [1.165, 1.54) is 10.9 Å². The molecule has 1 saturated heterocycles. The first-order valence-electron chi connectivity index (χ1n) is 9.66. The van der Waals surface area contributed by atoms with Crippen molar-refractivity contribution in [3.8, 4) is 0 Å². The van der Waals surface area contributed by atoms with Crippen LogP contribution in [0.15, 0.2) is 52.3 Å². The summed E-state index contributed by atoms with van der Waals surface area (Å²) in [4.78, 5) is 32.1. The minimum atomic E-state index is -0.178. The summed E-state index contributed by atoms with van der Waals surface area (Å²) in [5, 5.41) is 5.27. The standard InChI is InChI=1S/C20H16ClN7O2/c21-11-3-4-15(23-6-11)27-7-13-14(8-27)17(13)19-25-16(30-26-19)9-28-10-24-18-12(20(28)29)2-1-5-22-18/h1-6,10,13-14,17H,7-9H2/t13-,14+,17?. The van der Waals surface area contributed by atoms with Crippen LogP contribution in [-0.4, -0.2) is 42.7 Å². The zero-order chi connectivity index (χ0) is 20.2. The number of hydrogen-bond donors (Lipinski definition) is 0. The fraction of sp³-hybridized carbons (Fsp3) is 0.300. The minimum Gasteiger partial charge on any atom is -0.356 e. The highest BCUT2D eigenvalue weighted by atomic mass is 35.5. The summed E-state index contributed by atoms with van der Waals surface area (Å²) in [5.74, 6) is 3.33. The molecule has 30 heavy (non-hydrogen) atoms. The minimum absolute atomic E-state index is 0.178. The molecule has 3 atom stereocenters. The van der Waals surface area contributed by atoms with Crippen molar-refractivity contribution in [1.82, 2.24) is 29.7 Å². The summed E-state index contributed by atoms with van der Waals surface area (Å²) in [7, 11) is 0. The van der Waals surface area contributed by atoms with Gasteiger partial charge in [-0.15, -0.1) is 0 Å². The second kappa shape index (κ2) is 6.60. The highest BCUT2D eigenvalue weighted by Crippen LogP contribution is 2.57. The smallest absolute Gasteiger partial charge is 0.263 e. The predicted molar refractivity (Wildman–Crippen MR) is 108 cm³/mol. The Balaban J connectivity index is 1.16. The molecule has 1 unspecified atom stereocenters. The molecule has 1 aliphatic carbocycles. The van der Waals surface area contributed by atoms with Gasteiger partial charge in [0.15, 0.2) is 11.5 Å². The van der Waals surface area contributed by atoms with Gasteiger partial charge in [-0.25, -0.2) is 15.0 Å². The number of nitrogens with zero attached hydrogens (tertiary/aromatic N) is 7. The Morgan fingerprint density at radius 3 is 2.80 bits per heavy atom. The molecule has 0 bridgehead atoms. The number of hydrogen-bond acceptors (Lipinski definition) is 8. The number of rotatable bonds is 4. The Labute approximate surface area is 175 Å². The molecular formula is C20H16ClN7O2. The van der Waals surface area contributed by atoms with Crippen molar-refractivity contribution >= 4 is 28.5 Å². The molecule has 150 valence electrons. The van der Waals surface area contributed by atoms with Gasteiger partial charge in [-0.05, 0) is 36.1 Å². The van der Waals surface area contributed by atoms with Crippen LogP contribution in [0.2, 0.25) is 5.02 Å². The quantitative estimate of drug-likeness (QED) is 0.493. The Morgan fingerprint density at radius 1 is 1.13 bits per heavy atom. The van der Waals surface area contributed by atoms with E-state index in [4.69, 9.17) is 16.1 Å². The third-order valence-corrected chi connectivity index (χ3v) is 6.14. The van der Waals surface area contributed by atoms with Gasteiger partial charge in [0.05, 0.1) is 10.4 Å². The Hall–Kier alpha value is -3.33. The highest BCUT2D eigenvalue weighted by Gasteiger charge is 2.58. The van der Waals surface area contributed by atoms with Crippen LogP contribution < -0.4 is 10.5 Å². The molecule has 10 heteroatoms. The summed E-state index contributed by atoms with van der Waals surface area (Å²) in [6.45, 7) is 2.01. The van der Waals surface area contributed by atoms with Crippen LogP contribution in [0.5, 0.6) is 0 Å². The summed E-state index contributed by atoms with van der Waals surface area (Å²) in [6.07, 6.45) is 4.74. The van der Waals surface area contributed by atoms with Gasteiger partial charge in [0.2, 0.25) is 5.89 Å². The van der Waals surface area contributed by atoms with Gasteiger partial charge in [-0.3, -0.25) is 9.36 Å². The average Bonchev–Trinajstić information content (AvgIpc) is 3.10. The molecule has 4 aromatic rings. The van der Waals surface area contributed by atoms with Crippen molar-refractivity contribution in [3.63, 3.8) is 0 Å². The highest BCUT2D eigenvalue weighted by molar-refractivity contribution is 6.30. The van der Waals surface area contributed by atoms with E-state index in [0.717, 1.165) is 18.9 Å². The molecule has 1 aliphatic heterocycles. The Morgan fingerprint density at radius 2 is 2.00 bits per heavy atom. The van der Waals surface area contributed by atoms with Crippen LogP contribution in [0.25, 0.3) is 11.0 Å². The van der Waals surface area contributed by atoms with Crippen LogP contribution in [0.3, 0.4) is 0 Å². The first-order valence-corrected chi connectivity index (χ1v) is 10.0. The summed E-state index contributed by atoms with van der Waals surface area (Å²) in [5.41, 5.74) is 0.248. The molecule has 0 radical (unpaired) electrons. The van der Waals surface area contributed by atoms with Gasteiger partial charge in [0.25, 0.3) is 5.56 Å². The number of pyridine rings is 2. The maximum absolute atomic E-state index is 12.6. The second-order valence-electron chi connectivity index (χ2n) is 7.69. The SMILES string of the molecule is O=c1c2cccnc2ncn1Cc1nc(C2[C@H]3CN(c4ccc(Cl)cn4)C[C@@H]23)no1. The van der Waals surface area contributed by atoms with Crippen LogP contribution in [0.4, 0.5) is 5.82 Å². The first kappa shape index (κ1) is 17.5. The van der Waals surface area contributed by atoms with Gasteiger partial charge in [0.1, 0.15) is 18.7 Å². The van der Waals surface area contributed by atoms with E-state index in [0.29, 0.717) is 45.5 Å². The topological polar surface area (TPSA) is 103 Å². The third-order valence-electron chi connectivity index (χ3n) is 5.91. The number of fused-ring (bicyclic) bond motifs is 2. The molecule has 2 fully saturated rings. The van der Waals surface area contributed by atoms with Crippen molar-refractivity contribution in [2.45, 2.75) is 12.5 Å². The predicted octanol–water partition coefficient (Wildman–Crippen LogP) is 2.12. The van der Waals surface area contributed by atoms with Gasteiger partial charge in [0, 0.05) is 31.4 Å². The van der Waals surface area contributed by atoms with Crippen LogP contribution in [-0.2, 0) is 6.54 Å². The number of halogens is 1. The Kier molecular flexibility index (Phi) is 3.85. The molecule has 0 amide bonds. The molecule has 1 saturated carbocycles. The van der Waals surface area contributed by atoms with Crippen molar-refractivity contribution in [2.75, 3.05) is 18.0 Å². The molecule has 9 nitrogen and oxygen atoms in total. The molecule has 6 rings (SSSR count). The molecule has 0 aromatic carbocycles. The fourth-order valence-corrected chi connectivity index (χ4v) is 4.49. The molecular weight excluding hydrogens is 406 g/mol. The molecule has 2 aliphatic rings. The van der Waals surface area contributed by atoms with E-state index in [1.54, 1.807) is 24.5 Å². The third kappa shape index (κ3) is 2.85. The van der Waals surface area contributed by atoms with Gasteiger partial charge < -0.3 is 9.42 Å². The maximum atomic E-state index is 12.6. The lowest BCUT2D eigenvalue weighted by Crippen LogP contribution is -2.24. The van der Waals surface area contributed by atoms with E-state index in [2.05, 4.69) is 30.0 Å². The van der Waals surface area contributed by atoms with E-state index in [-0.39, 0.29) is 12.1 Å². The lowest BCUT2D eigenvalue weighted by atomic mass is 10.2. The summed E-state index contributed by atoms with van der Waals surface area (Å²) >= 11 is 5.92. The molecule has 4 aromatic heterocycles. The van der Waals surface area contributed by atoms with E-state index < -0.39 is 0 Å². The van der Waals surface area contributed by atoms with Gasteiger partial charge >= 0.3 is 0 Å². The summed E-state index contributed by atoms with van der Waals surface area (Å²) in [6, 6.07) is 7.23. The monoisotopic (exact) mass is 421 g/mol. The zero-order valence-corrected chi connectivity index (χ0v) is 16.5. The van der Waals surface area contributed by atoms with Gasteiger partial charge in [-0.2, -0.15) is 4.98 Å². The fourth-order valence-electron chi connectivity index (χ4n) is 4.38. The number of aromatic nitrogens is 6. The van der Waals surface area contributed by atoms with Crippen molar-refractivity contribution in [1.29, 1.82) is 0 Å². The van der Waals surface area contributed by atoms with E-state index in [9.17, 15) is 4.79 Å². The molecule has 5 heterocycles. The van der Waals surface area contributed by atoms with E-state index in [1.807, 2.05) is 12.1 Å². The lowest BCUT2D eigenvalue weighted by Gasteiger charge is -2.20. The average molecular weight is 422 g/mol. The lowest BCUT2D eigenvalue weighted by molar-refractivity contribution is 0.363. The number of piperidine rings is 1. The molecule has 0 N–H and O–H groups in total. The second-order valence-corrected chi connectivity index (χ2v) is 8.13. The van der Waals surface area contributed by atoms with Crippen LogP contribution in [0, 0.1) is 11.8 Å². The maximum Gasteiger partial charge on any atom is 0.263 e. The Bertz CT molecular complexity index is 1290. The van der Waals surface area contributed by atoms with E-state index >= 15 is 0 Å². The normalized spacial score (nSPS) is 22.4. The largest absolute Gasteiger partial charge is 0.356 e. The van der Waals surface area contributed by atoms with Crippen molar-refractivity contribution in [3.05, 3.63) is 70.1 Å². The van der Waals surface area contributed by atoms with Crippen LogP contribution >= 0.6 is 11.6 Å². The summed E-state index contributed by atoms with van der Waals surface area (Å²) < 4.78 is 6.88. The van der Waals surface area contributed by atoms with Crippen LogP contribution in [0.1, 0.15) is 17.6 Å². The number of anilines is 1. The first-order chi connectivity index (χ1) is 14.7. The van der Waals surface area contributed by atoms with Crippen molar-refractivity contribution < 1.29 is 4.52 Å². The van der Waals surface area contributed by atoms with Gasteiger partial charge in [-0.1, -0.05) is 16.8 Å². The zero-order valence-electron chi connectivity index (χ0n) is 15.7.